The standard InChI is InChI=1S/C21H18ClFN2O3/c22-15-4-1-5-16(23)20(15)21(27)25-10-8-19(18(26)12-25)28-14-7-6-13-3-2-9-24-17(13)11-14/h1-7,9,11,18-19,26H,8,10,12H2/t18-,19-/m1/s1. The Balaban J connectivity index is 1.45. The summed E-state index contributed by atoms with van der Waals surface area (Å²) in [6.07, 6.45) is 0.752. The minimum atomic E-state index is -0.900. The van der Waals surface area contributed by atoms with Gasteiger partial charge in [0.25, 0.3) is 5.91 Å². The number of benzene rings is 2. The Morgan fingerprint density at radius 2 is 2.11 bits per heavy atom. The quantitative estimate of drug-likeness (QED) is 0.728. The van der Waals surface area contributed by atoms with E-state index in [0.717, 1.165) is 10.9 Å². The van der Waals surface area contributed by atoms with Crippen molar-refractivity contribution < 1.29 is 19.0 Å². The van der Waals surface area contributed by atoms with E-state index >= 15 is 0 Å². The molecule has 0 bridgehead atoms. The van der Waals surface area contributed by atoms with Gasteiger partial charge in [-0.2, -0.15) is 0 Å². The van der Waals surface area contributed by atoms with Gasteiger partial charge in [0.2, 0.25) is 0 Å². The second kappa shape index (κ2) is 7.73. The van der Waals surface area contributed by atoms with Gasteiger partial charge in [-0.1, -0.05) is 23.7 Å². The number of nitrogens with zero attached hydrogens (tertiary/aromatic N) is 2. The zero-order valence-corrected chi connectivity index (χ0v) is 15.6. The highest BCUT2D eigenvalue weighted by molar-refractivity contribution is 6.33. The van der Waals surface area contributed by atoms with Crippen LogP contribution in [0.3, 0.4) is 0 Å². The molecule has 0 spiro atoms. The number of rotatable bonds is 3. The van der Waals surface area contributed by atoms with E-state index in [-0.39, 0.29) is 17.1 Å². The maximum absolute atomic E-state index is 14.0. The molecular weight excluding hydrogens is 383 g/mol. The molecule has 5 nitrogen and oxygen atoms in total. The van der Waals surface area contributed by atoms with E-state index in [2.05, 4.69) is 4.98 Å². The third kappa shape index (κ3) is 3.66. The van der Waals surface area contributed by atoms with Gasteiger partial charge in [0.15, 0.2) is 0 Å². The summed E-state index contributed by atoms with van der Waals surface area (Å²) in [5, 5.41) is 11.5. The zero-order chi connectivity index (χ0) is 19.7. The summed E-state index contributed by atoms with van der Waals surface area (Å²) < 4.78 is 19.9. The summed E-state index contributed by atoms with van der Waals surface area (Å²) in [5.41, 5.74) is 0.632. The number of hydrogen-bond acceptors (Lipinski definition) is 4. The molecule has 144 valence electrons. The molecule has 2 heterocycles. The average Bonchev–Trinajstić information content (AvgIpc) is 2.69. The number of amides is 1. The summed E-state index contributed by atoms with van der Waals surface area (Å²) in [6, 6.07) is 13.5. The van der Waals surface area contributed by atoms with Gasteiger partial charge in [0, 0.05) is 30.6 Å². The SMILES string of the molecule is O=C(c1c(F)cccc1Cl)N1CC[C@@H](Oc2ccc3cccnc3c2)[C@H](O)C1. The lowest BCUT2D eigenvalue weighted by atomic mass is 10.0. The fraction of sp³-hybridized carbons (Fsp3) is 0.238. The highest BCUT2D eigenvalue weighted by Crippen LogP contribution is 2.26. The zero-order valence-electron chi connectivity index (χ0n) is 14.9. The molecule has 1 amide bonds. The lowest BCUT2D eigenvalue weighted by molar-refractivity contribution is -0.0199. The van der Waals surface area contributed by atoms with E-state index in [1.165, 1.54) is 23.1 Å². The van der Waals surface area contributed by atoms with Gasteiger partial charge in [-0.05, 0) is 30.3 Å². The third-order valence-electron chi connectivity index (χ3n) is 4.85. The van der Waals surface area contributed by atoms with Crippen molar-refractivity contribution in [3.63, 3.8) is 0 Å². The first kappa shape index (κ1) is 18.7. The number of likely N-dealkylation sites (tertiary alicyclic amines) is 1. The van der Waals surface area contributed by atoms with Crippen molar-refractivity contribution in [3.05, 3.63) is 71.1 Å². The molecule has 4 rings (SSSR count). The van der Waals surface area contributed by atoms with E-state index in [1.807, 2.05) is 30.3 Å². The van der Waals surface area contributed by atoms with Gasteiger partial charge in [0.1, 0.15) is 23.8 Å². The van der Waals surface area contributed by atoms with Crippen molar-refractivity contribution in [2.45, 2.75) is 18.6 Å². The first-order chi connectivity index (χ1) is 13.5. The molecular formula is C21H18ClFN2O3. The maximum atomic E-state index is 14.0. The van der Waals surface area contributed by atoms with E-state index in [0.29, 0.717) is 18.7 Å². The topological polar surface area (TPSA) is 62.7 Å². The van der Waals surface area contributed by atoms with Crippen LogP contribution in [0.1, 0.15) is 16.8 Å². The molecule has 1 fully saturated rings. The van der Waals surface area contributed by atoms with Crippen molar-refractivity contribution in [1.29, 1.82) is 0 Å². The van der Waals surface area contributed by atoms with Crippen molar-refractivity contribution >= 4 is 28.4 Å². The fourth-order valence-corrected chi connectivity index (χ4v) is 3.63. The van der Waals surface area contributed by atoms with Crippen molar-refractivity contribution in [1.82, 2.24) is 9.88 Å². The van der Waals surface area contributed by atoms with Crippen LogP contribution >= 0.6 is 11.6 Å². The first-order valence-electron chi connectivity index (χ1n) is 8.96. The Morgan fingerprint density at radius 3 is 2.89 bits per heavy atom. The molecule has 0 saturated carbocycles. The van der Waals surface area contributed by atoms with Crippen LogP contribution in [0.15, 0.2) is 54.7 Å². The molecule has 7 heteroatoms. The summed E-state index contributed by atoms with van der Waals surface area (Å²) in [6.45, 7) is 0.372. The number of fused-ring (bicyclic) bond motifs is 1. The number of aliphatic hydroxyl groups excluding tert-OH is 1. The number of hydrogen-bond donors (Lipinski definition) is 1. The molecule has 1 aromatic heterocycles. The molecule has 28 heavy (non-hydrogen) atoms. The lowest BCUT2D eigenvalue weighted by Crippen LogP contribution is -2.51. The van der Waals surface area contributed by atoms with Gasteiger partial charge in [-0.15, -0.1) is 0 Å². The predicted octanol–water partition coefficient (Wildman–Crippen LogP) is 3.68. The van der Waals surface area contributed by atoms with Crippen molar-refractivity contribution in [3.8, 4) is 5.75 Å². The van der Waals surface area contributed by atoms with Gasteiger partial charge >= 0.3 is 0 Å². The Labute approximate surface area is 166 Å². The Hall–Kier alpha value is -2.70. The third-order valence-corrected chi connectivity index (χ3v) is 5.16. The van der Waals surface area contributed by atoms with Crippen LogP contribution in [0.2, 0.25) is 5.02 Å². The molecule has 0 radical (unpaired) electrons. The van der Waals surface area contributed by atoms with Crippen LogP contribution in [0, 0.1) is 5.82 Å². The molecule has 2 atom stereocenters. The molecule has 0 aliphatic carbocycles. The molecule has 0 unspecified atom stereocenters. The number of β-amino-alcohol motifs (C(OH)–C–C–N with tert-alkyl or cyclic N) is 1. The summed E-state index contributed by atoms with van der Waals surface area (Å²) in [7, 11) is 0. The number of aromatic nitrogens is 1. The Bertz CT molecular complexity index is 1010. The van der Waals surface area contributed by atoms with E-state index in [9.17, 15) is 14.3 Å². The Morgan fingerprint density at radius 1 is 1.25 bits per heavy atom. The molecule has 1 N–H and O–H groups in total. The van der Waals surface area contributed by atoms with E-state index < -0.39 is 23.9 Å². The van der Waals surface area contributed by atoms with Gasteiger partial charge < -0.3 is 14.7 Å². The Kier molecular flexibility index (Phi) is 5.15. The monoisotopic (exact) mass is 400 g/mol. The highest BCUT2D eigenvalue weighted by Gasteiger charge is 2.33. The molecule has 2 aromatic carbocycles. The maximum Gasteiger partial charge on any atom is 0.258 e. The number of aliphatic hydroxyl groups is 1. The van der Waals surface area contributed by atoms with Crippen LogP contribution < -0.4 is 4.74 Å². The summed E-state index contributed by atoms with van der Waals surface area (Å²) in [4.78, 5) is 18.3. The number of carbonyl (C=O) groups excluding carboxylic acids is 1. The normalized spacial score (nSPS) is 19.6. The summed E-state index contributed by atoms with van der Waals surface area (Å²) in [5.74, 6) is -0.600. The smallest absolute Gasteiger partial charge is 0.258 e. The van der Waals surface area contributed by atoms with Crippen LogP contribution in [0.4, 0.5) is 4.39 Å². The number of pyridine rings is 1. The van der Waals surface area contributed by atoms with Crippen LogP contribution in [0.5, 0.6) is 5.75 Å². The number of halogens is 2. The largest absolute Gasteiger partial charge is 0.488 e. The van der Waals surface area contributed by atoms with E-state index in [4.69, 9.17) is 16.3 Å². The predicted molar refractivity (Wildman–Crippen MR) is 104 cm³/mol. The number of ether oxygens (including phenoxy) is 1. The number of carbonyl (C=O) groups is 1. The highest BCUT2D eigenvalue weighted by atomic mass is 35.5. The molecule has 1 aliphatic heterocycles. The van der Waals surface area contributed by atoms with Crippen LogP contribution in [-0.2, 0) is 0 Å². The van der Waals surface area contributed by atoms with E-state index in [1.54, 1.807) is 6.20 Å². The second-order valence-corrected chi connectivity index (χ2v) is 7.13. The van der Waals surface area contributed by atoms with Gasteiger partial charge in [-0.25, -0.2) is 4.39 Å². The minimum Gasteiger partial charge on any atom is -0.488 e. The first-order valence-corrected chi connectivity index (χ1v) is 9.33. The van der Waals surface area contributed by atoms with Gasteiger partial charge in [-0.3, -0.25) is 9.78 Å². The van der Waals surface area contributed by atoms with Crippen molar-refractivity contribution in [2.75, 3.05) is 13.1 Å². The molecule has 1 saturated heterocycles. The van der Waals surface area contributed by atoms with Crippen molar-refractivity contribution in [2.24, 2.45) is 0 Å². The minimum absolute atomic E-state index is 0.0417. The average molecular weight is 401 g/mol. The number of piperidine rings is 1. The summed E-state index contributed by atoms with van der Waals surface area (Å²) >= 11 is 5.98. The molecule has 1 aliphatic rings. The van der Waals surface area contributed by atoms with Gasteiger partial charge in [0.05, 0.1) is 22.6 Å². The second-order valence-electron chi connectivity index (χ2n) is 6.72. The van der Waals surface area contributed by atoms with Crippen LogP contribution in [-0.4, -0.2) is 46.2 Å². The fourth-order valence-electron chi connectivity index (χ4n) is 3.39. The molecule has 3 aromatic rings. The lowest BCUT2D eigenvalue weighted by Gasteiger charge is -2.36. The van der Waals surface area contributed by atoms with Crippen LogP contribution in [0.25, 0.3) is 10.9 Å².